The van der Waals surface area contributed by atoms with E-state index in [0.29, 0.717) is 17.0 Å². The van der Waals surface area contributed by atoms with Gasteiger partial charge in [-0.1, -0.05) is 25.9 Å². The van der Waals surface area contributed by atoms with Crippen LogP contribution in [0.2, 0.25) is 0 Å². The van der Waals surface area contributed by atoms with Crippen LogP contribution >= 0.6 is 0 Å². The van der Waals surface area contributed by atoms with Gasteiger partial charge in [-0.05, 0) is 13.8 Å². The first-order chi connectivity index (χ1) is 7.77. The van der Waals surface area contributed by atoms with Crippen molar-refractivity contribution in [3.63, 3.8) is 0 Å². The van der Waals surface area contributed by atoms with Crippen LogP contribution in [0.1, 0.15) is 49.5 Å². The summed E-state index contributed by atoms with van der Waals surface area (Å²) in [4.78, 5) is 12.0. The number of hydrogen-bond acceptors (Lipinski definition) is 4. The lowest BCUT2D eigenvalue weighted by Crippen LogP contribution is -2.36. The van der Waals surface area contributed by atoms with Crippen molar-refractivity contribution in [2.45, 2.75) is 46.1 Å². The number of aryl methyl sites for hydroxylation is 1. The van der Waals surface area contributed by atoms with E-state index in [-0.39, 0.29) is 24.0 Å². The zero-order chi connectivity index (χ0) is 13.2. The first-order valence-corrected chi connectivity index (χ1v) is 5.65. The Balaban J connectivity index is 3.05. The third-order valence-corrected chi connectivity index (χ3v) is 2.45. The summed E-state index contributed by atoms with van der Waals surface area (Å²) in [5, 5.41) is 15.6. The Bertz CT molecular complexity index is 404. The van der Waals surface area contributed by atoms with E-state index < -0.39 is 0 Å². The van der Waals surface area contributed by atoms with Gasteiger partial charge in [0, 0.05) is 11.5 Å². The minimum atomic E-state index is -0.287. The van der Waals surface area contributed by atoms with Crippen LogP contribution in [0.5, 0.6) is 0 Å². The van der Waals surface area contributed by atoms with Crippen LogP contribution in [0.4, 0.5) is 0 Å². The molecule has 0 fully saturated rings. The van der Waals surface area contributed by atoms with E-state index in [1.54, 1.807) is 13.8 Å². The van der Waals surface area contributed by atoms with Crippen LogP contribution in [0.3, 0.4) is 0 Å². The summed E-state index contributed by atoms with van der Waals surface area (Å²) < 4.78 is 5.09. The van der Waals surface area contributed by atoms with Crippen LogP contribution < -0.4 is 5.32 Å². The first-order valence-electron chi connectivity index (χ1n) is 5.65. The number of nitrogens with one attached hydrogen (secondary N) is 1. The Morgan fingerprint density at radius 2 is 2.12 bits per heavy atom. The minimum Gasteiger partial charge on any atom is -0.394 e. The number of nitrogens with zero attached hydrogens (tertiary/aromatic N) is 1. The van der Waals surface area contributed by atoms with E-state index >= 15 is 0 Å². The molecule has 0 aromatic carbocycles. The average molecular weight is 240 g/mol. The first kappa shape index (κ1) is 13.7. The summed E-state index contributed by atoms with van der Waals surface area (Å²) in [6.45, 7) is 9.25. The molecule has 1 atom stereocenters. The lowest BCUT2D eigenvalue weighted by Gasteiger charge is -2.17. The molecule has 0 aliphatic heterocycles. The Labute approximate surface area is 101 Å². The van der Waals surface area contributed by atoms with Gasteiger partial charge in [0.25, 0.3) is 5.91 Å². The van der Waals surface area contributed by atoms with E-state index in [2.05, 4.69) is 10.5 Å². The van der Waals surface area contributed by atoms with Crippen molar-refractivity contribution >= 4 is 5.91 Å². The standard InChI is InChI=1S/C12H20N2O3/c1-7(6-15)13-11(16)9-8(2)17-14-10(9)12(3,4)5/h7,15H,6H2,1-5H3,(H,13,16). The summed E-state index contributed by atoms with van der Waals surface area (Å²) in [5.41, 5.74) is 0.850. The molecule has 0 saturated carbocycles. The molecule has 1 aromatic rings. The Morgan fingerprint density at radius 3 is 2.59 bits per heavy atom. The third kappa shape index (κ3) is 3.06. The molecule has 1 unspecified atom stereocenters. The van der Waals surface area contributed by atoms with E-state index in [4.69, 9.17) is 9.63 Å². The second-order valence-corrected chi connectivity index (χ2v) is 5.27. The smallest absolute Gasteiger partial charge is 0.257 e. The van der Waals surface area contributed by atoms with Gasteiger partial charge in [0.15, 0.2) is 0 Å². The fourth-order valence-electron chi connectivity index (χ4n) is 1.49. The second-order valence-electron chi connectivity index (χ2n) is 5.27. The molecule has 1 amide bonds. The second kappa shape index (κ2) is 4.87. The van der Waals surface area contributed by atoms with Gasteiger partial charge in [0.1, 0.15) is 17.0 Å². The molecule has 0 saturated heterocycles. The van der Waals surface area contributed by atoms with Gasteiger partial charge in [-0.3, -0.25) is 4.79 Å². The van der Waals surface area contributed by atoms with Crippen LogP contribution in [0, 0.1) is 6.92 Å². The van der Waals surface area contributed by atoms with Crippen molar-refractivity contribution in [2.24, 2.45) is 0 Å². The molecule has 0 bridgehead atoms. The maximum absolute atomic E-state index is 12.0. The van der Waals surface area contributed by atoms with Crippen molar-refractivity contribution < 1.29 is 14.4 Å². The molecule has 0 aliphatic carbocycles. The summed E-state index contributed by atoms with van der Waals surface area (Å²) >= 11 is 0. The SMILES string of the molecule is Cc1onc(C(C)(C)C)c1C(=O)NC(C)CO. The molecule has 0 aliphatic rings. The van der Waals surface area contributed by atoms with Crippen LogP contribution in [0.25, 0.3) is 0 Å². The third-order valence-electron chi connectivity index (χ3n) is 2.45. The van der Waals surface area contributed by atoms with Crippen molar-refractivity contribution in [3.05, 3.63) is 17.0 Å². The molecule has 0 spiro atoms. The van der Waals surface area contributed by atoms with Gasteiger partial charge in [-0.2, -0.15) is 0 Å². The van der Waals surface area contributed by atoms with Crippen LogP contribution in [-0.4, -0.2) is 28.8 Å². The highest BCUT2D eigenvalue weighted by molar-refractivity contribution is 5.96. The monoisotopic (exact) mass is 240 g/mol. The largest absolute Gasteiger partial charge is 0.394 e. The van der Waals surface area contributed by atoms with Gasteiger partial charge in [-0.25, -0.2) is 0 Å². The predicted molar refractivity (Wildman–Crippen MR) is 64.0 cm³/mol. The van der Waals surface area contributed by atoms with Gasteiger partial charge >= 0.3 is 0 Å². The fourth-order valence-corrected chi connectivity index (χ4v) is 1.49. The maximum atomic E-state index is 12.0. The normalized spacial score (nSPS) is 13.5. The molecular weight excluding hydrogens is 220 g/mol. The summed E-state index contributed by atoms with van der Waals surface area (Å²) in [6, 6.07) is -0.287. The molecule has 5 nitrogen and oxygen atoms in total. The number of carbonyl (C=O) groups excluding carboxylic acids is 1. The van der Waals surface area contributed by atoms with Crippen LogP contribution in [-0.2, 0) is 5.41 Å². The highest BCUT2D eigenvalue weighted by Gasteiger charge is 2.29. The molecule has 1 rings (SSSR count). The Hall–Kier alpha value is -1.36. The molecule has 5 heteroatoms. The number of rotatable bonds is 3. The quantitative estimate of drug-likeness (QED) is 0.837. The van der Waals surface area contributed by atoms with E-state index in [1.807, 2.05) is 20.8 Å². The van der Waals surface area contributed by atoms with Crippen molar-refractivity contribution in [1.82, 2.24) is 10.5 Å². The molecule has 96 valence electrons. The average Bonchev–Trinajstić information content (AvgIpc) is 2.59. The molecule has 0 radical (unpaired) electrons. The zero-order valence-corrected chi connectivity index (χ0v) is 11.0. The minimum absolute atomic E-state index is 0.0963. The molecule has 2 N–H and O–H groups in total. The van der Waals surface area contributed by atoms with Crippen molar-refractivity contribution in [3.8, 4) is 0 Å². The van der Waals surface area contributed by atoms with Gasteiger partial charge in [0.05, 0.1) is 6.61 Å². The van der Waals surface area contributed by atoms with Crippen molar-refractivity contribution in [2.75, 3.05) is 6.61 Å². The maximum Gasteiger partial charge on any atom is 0.257 e. The number of amides is 1. The number of aliphatic hydroxyl groups excluding tert-OH is 1. The highest BCUT2D eigenvalue weighted by atomic mass is 16.5. The number of aromatic nitrogens is 1. The number of aliphatic hydroxyl groups is 1. The highest BCUT2D eigenvalue weighted by Crippen LogP contribution is 2.26. The van der Waals surface area contributed by atoms with E-state index in [0.717, 1.165) is 0 Å². The fraction of sp³-hybridized carbons (Fsp3) is 0.667. The summed E-state index contributed by atoms with van der Waals surface area (Å²) in [7, 11) is 0. The van der Waals surface area contributed by atoms with Gasteiger partial charge < -0.3 is 14.9 Å². The van der Waals surface area contributed by atoms with Gasteiger partial charge in [-0.15, -0.1) is 0 Å². The van der Waals surface area contributed by atoms with E-state index in [9.17, 15) is 4.79 Å². The Kier molecular flexibility index (Phi) is 3.93. The molecular formula is C12H20N2O3. The summed E-state index contributed by atoms with van der Waals surface area (Å²) in [6.07, 6.45) is 0. The molecule has 1 heterocycles. The lowest BCUT2D eigenvalue weighted by molar-refractivity contribution is 0.0919. The lowest BCUT2D eigenvalue weighted by atomic mass is 9.88. The van der Waals surface area contributed by atoms with Crippen LogP contribution in [0.15, 0.2) is 4.52 Å². The number of hydrogen-bond donors (Lipinski definition) is 2. The number of carbonyl (C=O) groups is 1. The topological polar surface area (TPSA) is 75.4 Å². The van der Waals surface area contributed by atoms with E-state index in [1.165, 1.54) is 0 Å². The molecule has 1 aromatic heterocycles. The Morgan fingerprint density at radius 1 is 1.53 bits per heavy atom. The molecule has 17 heavy (non-hydrogen) atoms. The van der Waals surface area contributed by atoms with Gasteiger partial charge in [0.2, 0.25) is 0 Å². The predicted octanol–water partition coefficient (Wildman–Crippen LogP) is 1.39. The zero-order valence-electron chi connectivity index (χ0n) is 11.0. The summed E-state index contributed by atoms with van der Waals surface area (Å²) in [5.74, 6) is 0.243. The van der Waals surface area contributed by atoms with Crippen molar-refractivity contribution in [1.29, 1.82) is 0 Å².